The maximum absolute atomic E-state index is 14.3. The normalized spacial score (nSPS) is 34.3. The molecule has 0 bridgehead atoms. The van der Waals surface area contributed by atoms with E-state index in [-0.39, 0.29) is 52.7 Å². The number of anilines is 1. The van der Waals surface area contributed by atoms with Crippen molar-refractivity contribution in [2.75, 3.05) is 4.90 Å². The summed E-state index contributed by atoms with van der Waals surface area (Å²) in [7, 11) is 0. The van der Waals surface area contributed by atoms with Gasteiger partial charge in [-0.2, -0.15) is 0 Å². The Balaban J connectivity index is 1.39. The maximum Gasteiger partial charge on any atom is 0.258 e. The van der Waals surface area contributed by atoms with Crippen LogP contribution in [0.4, 0.5) is 10.1 Å². The summed E-state index contributed by atoms with van der Waals surface area (Å²) >= 11 is 21.0. The van der Waals surface area contributed by atoms with Crippen molar-refractivity contribution in [3.63, 3.8) is 0 Å². The summed E-state index contributed by atoms with van der Waals surface area (Å²) in [6.07, 6.45) is 6.34. The van der Waals surface area contributed by atoms with Crippen molar-refractivity contribution in [2.45, 2.75) is 66.7 Å². The number of phenols is 1. The van der Waals surface area contributed by atoms with Crippen LogP contribution in [0.25, 0.3) is 0 Å². The number of rotatable bonds is 3. The second kappa shape index (κ2) is 10.0. The monoisotopic (exact) mass is 644 g/mol. The van der Waals surface area contributed by atoms with Crippen LogP contribution in [0.3, 0.4) is 0 Å². The summed E-state index contributed by atoms with van der Waals surface area (Å²) in [6.45, 7) is 0. The van der Waals surface area contributed by atoms with Crippen molar-refractivity contribution in [1.29, 1.82) is 0 Å². The Bertz CT molecular complexity index is 1610. The number of aromatic hydroxyl groups is 1. The van der Waals surface area contributed by atoms with Gasteiger partial charge in [0, 0.05) is 22.5 Å². The van der Waals surface area contributed by atoms with Crippen LogP contribution in [0.5, 0.6) is 5.75 Å². The van der Waals surface area contributed by atoms with Crippen molar-refractivity contribution in [3.05, 3.63) is 70.5 Å². The molecule has 3 aliphatic carbocycles. The lowest BCUT2D eigenvalue weighted by Crippen LogP contribution is -2.60. The van der Waals surface area contributed by atoms with Gasteiger partial charge in [-0.1, -0.05) is 42.5 Å². The third-order valence-electron chi connectivity index (χ3n) is 10.2. The van der Waals surface area contributed by atoms with Crippen LogP contribution < -0.4 is 4.90 Å². The van der Waals surface area contributed by atoms with Gasteiger partial charge in [0.1, 0.15) is 11.6 Å². The first-order valence-electron chi connectivity index (χ1n) is 14.6. The van der Waals surface area contributed by atoms with Crippen LogP contribution in [0.15, 0.2) is 54.1 Å². The molecule has 5 aliphatic rings. The number of nitrogens with zero attached hydrogens (tertiary/aromatic N) is 2. The highest BCUT2D eigenvalue weighted by atomic mass is 35.5. The number of benzene rings is 2. The van der Waals surface area contributed by atoms with Crippen LogP contribution in [0, 0.1) is 23.6 Å². The lowest BCUT2D eigenvalue weighted by Gasteiger charge is -2.50. The van der Waals surface area contributed by atoms with Crippen LogP contribution in [0.2, 0.25) is 5.02 Å². The van der Waals surface area contributed by atoms with E-state index >= 15 is 0 Å². The molecule has 4 fully saturated rings. The molecule has 2 saturated heterocycles. The largest absolute Gasteiger partial charge is 0.508 e. The molecule has 11 heteroatoms. The second-order valence-electron chi connectivity index (χ2n) is 12.3. The first-order chi connectivity index (χ1) is 20.5. The number of likely N-dealkylation sites (tertiary alicyclic amines) is 1. The average Bonchev–Trinajstić information content (AvgIpc) is 3.33. The molecule has 0 aromatic heterocycles. The zero-order valence-corrected chi connectivity index (χ0v) is 25.2. The summed E-state index contributed by atoms with van der Waals surface area (Å²) in [4.78, 5) is 54.6. The standard InChI is InChI=1S/C32H28Cl3FN2O5/c33-16-6-13-24(39)22(14-16)26-20-11-12-21-25(28(41)37(27(21)40)18-4-2-1-3-5-18)23(20)15-31(34)29(42)38(30(43)32(26,31)35)19-9-7-17(36)8-10-19/h6-11,13-14,18,21,23,25-26,39H,1-5,12,15H2/t21-,23+,25-,26+,31+,32-/m0/s1. The van der Waals surface area contributed by atoms with Crippen LogP contribution >= 0.6 is 34.8 Å². The molecule has 2 aromatic rings. The van der Waals surface area contributed by atoms with E-state index in [4.69, 9.17) is 34.8 Å². The van der Waals surface area contributed by atoms with Gasteiger partial charge in [0.15, 0.2) is 9.75 Å². The van der Waals surface area contributed by atoms with Gasteiger partial charge < -0.3 is 5.11 Å². The summed E-state index contributed by atoms with van der Waals surface area (Å²) in [5, 5.41) is 11.3. The summed E-state index contributed by atoms with van der Waals surface area (Å²) in [5.74, 6) is -6.20. The van der Waals surface area contributed by atoms with E-state index in [2.05, 4.69) is 0 Å². The molecular weight excluding hydrogens is 618 g/mol. The minimum absolute atomic E-state index is 0.0883. The van der Waals surface area contributed by atoms with Gasteiger partial charge in [0.25, 0.3) is 11.8 Å². The van der Waals surface area contributed by atoms with Crippen LogP contribution in [-0.2, 0) is 19.2 Å². The number of imide groups is 2. The van der Waals surface area contributed by atoms with Crippen molar-refractivity contribution < 1.29 is 28.7 Å². The van der Waals surface area contributed by atoms with Crippen molar-refractivity contribution >= 4 is 64.1 Å². The number of amides is 4. The minimum atomic E-state index is -2.13. The topological polar surface area (TPSA) is 95.0 Å². The van der Waals surface area contributed by atoms with E-state index in [0.717, 1.165) is 49.1 Å². The molecule has 4 amide bonds. The number of fused-ring (bicyclic) bond motifs is 4. The Hall–Kier alpha value is -2.94. The zero-order chi connectivity index (χ0) is 30.4. The Morgan fingerprint density at radius 2 is 1.58 bits per heavy atom. The highest BCUT2D eigenvalue weighted by molar-refractivity contribution is 6.58. The zero-order valence-electron chi connectivity index (χ0n) is 22.9. The molecule has 0 unspecified atom stereocenters. The van der Waals surface area contributed by atoms with E-state index in [1.54, 1.807) is 0 Å². The number of carbonyl (C=O) groups excluding carboxylic acids is 4. The smallest absolute Gasteiger partial charge is 0.258 e. The molecule has 2 aliphatic heterocycles. The average molecular weight is 646 g/mol. The van der Waals surface area contributed by atoms with Gasteiger partial charge >= 0.3 is 0 Å². The fourth-order valence-corrected chi connectivity index (χ4v) is 9.33. The van der Waals surface area contributed by atoms with Crippen molar-refractivity contribution in [1.82, 2.24) is 4.90 Å². The van der Waals surface area contributed by atoms with Crippen molar-refractivity contribution in [2.24, 2.45) is 17.8 Å². The first kappa shape index (κ1) is 28.8. The lowest BCUT2D eigenvalue weighted by atomic mass is 9.56. The number of phenolic OH excluding ortho intramolecular Hbond substituents is 1. The van der Waals surface area contributed by atoms with Crippen LogP contribution in [-0.4, -0.2) is 49.4 Å². The molecule has 0 radical (unpaired) electrons. The molecule has 7 nitrogen and oxygen atoms in total. The van der Waals surface area contributed by atoms with Gasteiger partial charge in [0.05, 0.1) is 17.5 Å². The first-order valence-corrected chi connectivity index (χ1v) is 15.7. The maximum atomic E-state index is 14.3. The Morgan fingerprint density at radius 3 is 2.28 bits per heavy atom. The quantitative estimate of drug-likeness (QED) is 0.248. The van der Waals surface area contributed by atoms with Gasteiger partial charge in [0.2, 0.25) is 11.8 Å². The predicted molar refractivity (Wildman–Crippen MR) is 158 cm³/mol. The number of halogens is 4. The number of alkyl halides is 2. The molecule has 2 aromatic carbocycles. The van der Waals surface area contributed by atoms with Crippen molar-refractivity contribution in [3.8, 4) is 5.75 Å². The number of hydrogen-bond acceptors (Lipinski definition) is 5. The van der Waals surface area contributed by atoms with E-state index in [1.165, 1.54) is 35.2 Å². The summed E-state index contributed by atoms with van der Waals surface area (Å²) < 4.78 is 13.8. The Kier molecular flexibility index (Phi) is 6.73. The SMILES string of the molecule is O=C1[C@H]2[C@H](CC=C3[C@H]2C[C@@]2(Cl)C(=O)N(c4ccc(F)cc4)C(=O)[C@@]2(Cl)[C@H]3c2cc(Cl)ccc2O)C(=O)N1C1CCCCC1. The van der Waals surface area contributed by atoms with Gasteiger partial charge in [-0.15, -0.1) is 23.2 Å². The molecular formula is C32H28Cl3FN2O5. The molecule has 7 rings (SSSR count). The van der Waals surface area contributed by atoms with E-state index in [9.17, 15) is 28.7 Å². The Morgan fingerprint density at radius 1 is 0.884 bits per heavy atom. The number of hydrogen-bond donors (Lipinski definition) is 1. The third-order valence-corrected chi connectivity index (χ3v) is 11.8. The van der Waals surface area contributed by atoms with Gasteiger partial charge in [-0.3, -0.25) is 24.1 Å². The molecule has 43 heavy (non-hydrogen) atoms. The van der Waals surface area contributed by atoms with E-state index < -0.39 is 51.1 Å². The molecule has 1 N–H and O–H groups in total. The molecule has 0 spiro atoms. The van der Waals surface area contributed by atoms with Gasteiger partial charge in [-0.05, 0) is 74.1 Å². The molecule has 224 valence electrons. The van der Waals surface area contributed by atoms with Crippen LogP contribution in [0.1, 0.15) is 56.4 Å². The molecule has 6 atom stereocenters. The Labute approximate surface area is 262 Å². The minimum Gasteiger partial charge on any atom is -0.508 e. The number of carbonyl (C=O) groups is 4. The predicted octanol–water partition coefficient (Wildman–Crippen LogP) is 6.08. The summed E-state index contributed by atoms with van der Waals surface area (Å²) in [5.41, 5.74) is 0.842. The third kappa shape index (κ3) is 3.91. The number of allylic oxidation sites excluding steroid dienone is 2. The molecule has 2 saturated carbocycles. The lowest BCUT2D eigenvalue weighted by molar-refractivity contribution is -0.143. The fraction of sp³-hybridized carbons (Fsp3) is 0.438. The fourth-order valence-electron chi connectivity index (χ4n) is 8.22. The molecule has 2 heterocycles. The van der Waals surface area contributed by atoms with E-state index in [1.807, 2.05) is 6.08 Å². The second-order valence-corrected chi connectivity index (χ2v) is 14.0. The highest BCUT2D eigenvalue weighted by Crippen LogP contribution is 2.66. The summed E-state index contributed by atoms with van der Waals surface area (Å²) in [6, 6.07) is 8.99. The highest BCUT2D eigenvalue weighted by Gasteiger charge is 2.77. The van der Waals surface area contributed by atoms with E-state index in [0.29, 0.717) is 5.57 Å². The van der Waals surface area contributed by atoms with Gasteiger partial charge in [-0.25, -0.2) is 9.29 Å².